The van der Waals surface area contributed by atoms with E-state index in [-0.39, 0.29) is 11.6 Å². The summed E-state index contributed by atoms with van der Waals surface area (Å²) in [5.41, 5.74) is 8.90. The van der Waals surface area contributed by atoms with Crippen LogP contribution in [0.1, 0.15) is 62.6 Å². The van der Waals surface area contributed by atoms with Crippen LogP contribution >= 0.6 is 11.6 Å². The average molecular weight is 440 g/mol. The minimum Gasteiger partial charge on any atom is -0.333 e. The van der Waals surface area contributed by atoms with Crippen LogP contribution in [0.5, 0.6) is 0 Å². The fourth-order valence-corrected chi connectivity index (χ4v) is 4.30. The highest BCUT2D eigenvalue weighted by Gasteiger charge is 2.25. The van der Waals surface area contributed by atoms with Gasteiger partial charge in [0.15, 0.2) is 0 Å². The van der Waals surface area contributed by atoms with Gasteiger partial charge in [0.2, 0.25) is 0 Å². The lowest BCUT2D eigenvalue weighted by atomic mass is 9.82. The summed E-state index contributed by atoms with van der Waals surface area (Å²) in [7, 11) is 1.50. The van der Waals surface area contributed by atoms with Gasteiger partial charge in [-0.3, -0.25) is 4.79 Å². The molecule has 5 heteroatoms. The summed E-state index contributed by atoms with van der Waals surface area (Å²) in [5, 5.41) is 5.51. The lowest BCUT2D eigenvalue weighted by Crippen LogP contribution is -2.29. The number of benzene rings is 2. The van der Waals surface area contributed by atoms with E-state index in [1.165, 1.54) is 18.2 Å². The summed E-state index contributed by atoms with van der Waals surface area (Å²) in [6.45, 7) is 6.07. The molecule has 1 saturated carbocycles. The first-order chi connectivity index (χ1) is 15.1. The van der Waals surface area contributed by atoms with E-state index in [2.05, 4.69) is 36.9 Å². The third-order valence-corrected chi connectivity index (χ3v) is 5.84. The Bertz CT molecular complexity index is 1010. The second kappa shape index (κ2) is 12.4. The molecule has 0 bridgehead atoms. The Kier molecular flexibility index (Phi) is 9.96. The summed E-state index contributed by atoms with van der Waals surface area (Å²) < 4.78 is 1.70. The van der Waals surface area contributed by atoms with Crippen LogP contribution in [0.3, 0.4) is 0 Å². The largest absolute Gasteiger partial charge is 0.333 e. The summed E-state index contributed by atoms with van der Waals surface area (Å²) >= 11 is 6.14. The molecule has 2 aromatic carbocycles. The van der Waals surface area contributed by atoms with Gasteiger partial charge < -0.3 is 5.73 Å². The zero-order chi connectivity index (χ0) is 22.8. The molecular weight excluding hydrogens is 406 g/mol. The first kappa shape index (κ1) is 24.8. The standard InChI is InChI=1S/C23H23ClN2O.C2H6.CH5N/c1-16-5-2-3-8-21(16)22-13-14-23(27)26(25-22)20-11-9-17(10-12-20)18-6-4-7-19(24)15-18;2*1-2/h2-8,13-15,17,20H,9-12H2,1H3;1-2H3;2H2,1H3. The quantitative estimate of drug-likeness (QED) is 0.515. The fourth-order valence-electron chi connectivity index (χ4n) is 4.11. The molecule has 31 heavy (non-hydrogen) atoms. The molecule has 1 heterocycles. The Morgan fingerprint density at radius 1 is 0.935 bits per heavy atom. The van der Waals surface area contributed by atoms with Crippen molar-refractivity contribution < 1.29 is 0 Å². The van der Waals surface area contributed by atoms with Crippen molar-refractivity contribution in [1.29, 1.82) is 0 Å². The molecule has 0 unspecified atom stereocenters. The molecule has 4 rings (SSSR count). The highest BCUT2D eigenvalue weighted by atomic mass is 35.5. The van der Waals surface area contributed by atoms with Gasteiger partial charge in [-0.05, 0) is 74.9 Å². The van der Waals surface area contributed by atoms with E-state index in [1.807, 2.05) is 44.2 Å². The normalized spacial score (nSPS) is 17.6. The third-order valence-electron chi connectivity index (χ3n) is 5.61. The topological polar surface area (TPSA) is 60.9 Å². The fraction of sp³-hybridized carbons (Fsp3) is 0.385. The van der Waals surface area contributed by atoms with Gasteiger partial charge in [0.25, 0.3) is 5.56 Å². The van der Waals surface area contributed by atoms with Gasteiger partial charge in [-0.15, -0.1) is 0 Å². The van der Waals surface area contributed by atoms with Crippen molar-refractivity contribution in [1.82, 2.24) is 9.78 Å². The zero-order valence-corrected chi connectivity index (χ0v) is 19.8. The number of rotatable bonds is 3. The molecule has 1 aliphatic rings. The lowest BCUT2D eigenvalue weighted by molar-refractivity contribution is 0.295. The number of aryl methyl sites for hydroxylation is 1. The Morgan fingerprint density at radius 3 is 2.26 bits per heavy atom. The molecule has 0 atom stereocenters. The second-order valence-corrected chi connectivity index (χ2v) is 7.81. The van der Waals surface area contributed by atoms with Crippen molar-refractivity contribution in [3.8, 4) is 11.3 Å². The number of hydrogen-bond donors (Lipinski definition) is 1. The molecule has 1 aromatic heterocycles. The summed E-state index contributed by atoms with van der Waals surface area (Å²) in [6, 6.07) is 20.0. The van der Waals surface area contributed by atoms with Gasteiger partial charge in [0.1, 0.15) is 0 Å². The average Bonchev–Trinajstić information content (AvgIpc) is 2.83. The number of aromatic nitrogens is 2. The molecule has 1 fully saturated rings. The molecule has 0 radical (unpaired) electrons. The number of nitrogens with zero attached hydrogens (tertiary/aromatic N) is 2. The molecule has 0 amide bonds. The van der Waals surface area contributed by atoms with Crippen LogP contribution in [0.4, 0.5) is 0 Å². The van der Waals surface area contributed by atoms with Crippen molar-refractivity contribution in [2.24, 2.45) is 5.73 Å². The molecule has 0 spiro atoms. The minimum absolute atomic E-state index is 0.0152. The Hall–Kier alpha value is -2.43. The van der Waals surface area contributed by atoms with Gasteiger partial charge in [0.05, 0.1) is 11.7 Å². The second-order valence-electron chi connectivity index (χ2n) is 7.38. The molecule has 0 saturated heterocycles. The van der Waals surface area contributed by atoms with Crippen LogP contribution in [-0.4, -0.2) is 16.8 Å². The maximum atomic E-state index is 12.5. The Morgan fingerprint density at radius 2 is 1.61 bits per heavy atom. The molecule has 1 aliphatic carbocycles. The smallest absolute Gasteiger partial charge is 0.267 e. The molecular formula is C26H34ClN3O. The summed E-state index contributed by atoms with van der Waals surface area (Å²) in [5.74, 6) is 0.509. The van der Waals surface area contributed by atoms with Crippen LogP contribution in [0.25, 0.3) is 11.3 Å². The number of hydrogen-bond acceptors (Lipinski definition) is 3. The SMILES string of the molecule is CC.CN.Cc1ccccc1-c1ccc(=O)n(C2CCC(c3cccc(Cl)c3)CC2)n1. The first-order valence-corrected chi connectivity index (χ1v) is 11.5. The van der Waals surface area contributed by atoms with Crippen LogP contribution in [-0.2, 0) is 0 Å². The number of halogens is 1. The minimum atomic E-state index is -0.0152. The first-order valence-electron chi connectivity index (χ1n) is 11.1. The van der Waals surface area contributed by atoms with Crippen LogP contribution in [0, 0.1) is 6.92 Å². The van der Waals surface area contributed by atoms with Crippen LogP contribution in [0.2, 0.25) is 5.02 Å². The third kappa shape index (κ3) is 6.28. The van der Waals surface area contributed by atoms with Gasteiger partial charge >= 0.3 is 0 Å². The van der Waals surface area contributed by atoms with Crippen molar-refractivity contribution in [3.63, 3.8) is 0 Å². The van der Waals surface area contributed by atoms with E-state index in [9.17, 15) is 4.79 Å². The van der Waals surface area contributed by atoms with E-state index >= 15 is 0 Å². The van der Waals surface area contributed by atoms with E-state index in [1.54, 1.807) is 10.7 Å². The number of nitrogens with two attached hydrogens (primary N) is 1. The van der Waals surface area contributed by atoms with Crippen molar-refractivity contribution in [2.75, 3.05) is 7.05 Å². The van der Waals surface area contributed by atoms with Crippen molar-refractivity contribution in [2.45, 2.75) is 58.4 Å². The highest BCUT2D eigenvalue weighted by Crippen LogP contribution is 2.38. The van der Waals surface area contributed by atoms with Gasteiger partial charge in [-0.1, -0.05) is 61.8 Å². The predicted octanol–water partition coefficient (Wildman–Crippen LogP) is 6.37. The monoisotopic (exact) mass is 439 g/mol. The van der Waals surface area contributed by atoms with E-state index in [0.29, 0.717) is 5.92 Å². The van der Waals surface area contributed by atoms with Crippen molar-refractivity contribution >= 4 is 11.6 Å². The molecule has 3 aromatic rings. The Balaban J connectivity index is 0.000000807. The molecule has 2 N–H and O–H groups in total. The summed E-state index contributed by atoms with van der Waals surface area (Å²) in [4.78, 5) is 12.5. The van der Waals surface area contributed by atoms with Gasteiger partial charge in [0, 0.05) is 16.7 Å². The predicted molar refractivity (Wildman–Crippen MR) is 132 cm³/mol. The lowest BCUT2D eigenvalue weighted by Gasteiger charge is -2.29. The molecule has 166 valence electrons. The zero-order valence-electron chi connectivity index (χ0n) is 19.0. The maximum absolute atomic E-state index is 12.5. The summed E-state index contributed by atoms with van der Waals surface area (Å²) in [6.07, 6.45) is 4.02. The molecule has 4 nitrogen and oxygen atoms in total. The van der Waals surface area contributed by atoms with Crippen LogP contribution < -0.4 is 11.3 Å². The maximum Gasteiger partial charge on any atom is 0.267 e. The van der Waals surface area contributed by atoms with Gasteiger partial charge in [-0.2, -0.15) is 5.10 Å². The van der Waals surface area contributed by atoms with E-state index < -0.39 is 0 Å². The van der Waals surface area contributed by atoms with Crippen molar-refractivity contribution in [3.05, 3.63) is 87.2 Å². The van der Waals surface area contributed by atoms with Gasteiger partial charge in [-0.25, -0.2) is 4.68 Å². The molecule has 0 aliphatic heterocycles. The highest BCUT2D eigenvalue weighted by molar-refractivity contribution is 6.30. The van der Waals surface area contributed by atoms with Crippen LogP contribution in [0.15, 0.2) is 65.5 Å². The van der Waals surface area contributed by atoms with E-state index in [4.69, 9.17) is 16.7 Å². The van der Waals surface area contributed by atoms with E-state index in [0.717, 1.165) is 42.0 Å². The Labute approximate surface area is 191 Å².